The monoisotopic (exact) mass is 357 g/mol. The highest BCUT2D eigenvalue weighted by molar-refractivity contribution is 5.78. The van der Waals surface area contributed by atoms with Crippen molar-refractivity contribution in [2.24, 2.45) is 0 Å². The van der Waals surface area contributed by atoms with Gasteiger partial charge in [-0.05, 0) is 55.7 Å². The van der Waals surface area contributed by atoms with Crippen LogP contribution in [0.3, 0.4) is 0 Å². The van der Waals surface area contributed by atoms with Crippen LogP contribution in [0.1, 0.15) is 42.4 Å². The fourth-order valence-electron chi connectivity index (χ4n) is 4.57. The lowest BCUT2D eigenvalue weighted by Crippen LogP contribution is -2.50. The van der Waals surface area contributed by atoms with Crippen LogP contribution < -0.4 is 0 Å². The summed E-state index contributed by atoms with van der Waals surface area (Å²) in [5.41, 5.74) is 3.80. The number of phenolic OH excluding ortho intramolecular Hbond substituents is 1. The minimum absolute atomic E-state index is 0.300. The number of amides is 1. The van der Waals surface area contributed by atoms with E-state index in [2.05, 4.69) is 15.9 Å². The van der Waals surface area contributed by atoms with E-state index in [4.69, 9.17) is 0 Å². The highest BCUT2D eigenvalue weighted by Crippen LogP contribution is 2.30. The average Bonchev–Trinajstić information content (AvgIpc) is 3.11. The van der Waals surface area contributed by atoms with E-state index < -0.39 is 0 Å². The van der Waals surface area contributed by atoms with Crippen LogP contribution in [0.15, 0.2) is 12.1 Å². The molecule has 5 nitrogen and oxygen atoms in total. The molecule has 0 atom stereocenters. The summed E-state index contributed by atoms with van der Waals surface area (Å²) in [5.74, 6) is 0.753. The van der Waals surface area contributed by atoms with Gasteiger partial charge in [-0.2, -0.15) is 0 Å². The minimum Gasteiger partial charge on any atom is -0.508 e. The second-order valence-corrected chi connectivity index (χ2v) is 8.10. The van der Waals surface area contributed by atoms with E-state index in [0.717, 1.165) is 77.1 Å². The fourth-order valence-corrected chi connectivity index (χ4v) is 4.57. The molecule has 0 spiro atoms. The molecule has 1 aromatic rings. The van der Waals surface area contributed by atoms with Crippen LogP contribution in [0, 0.1) is 0 Å². The molecule has 1 aromatic carbocycles. The van der Waals surface area contributed by atoms with Crippen LogP contribution in [0.25, 0.3) is 0 Å². The van der Waals surface area contributed by atoms with Crippen molar-refractivity contribution in [1.29, 1.82) is 0 Å². The Balaban J connectivity index is 1.27. The number of piperidine rings is 1. The third-order valence-corrected chi connectivity index (χ3v) is 6.22. The van der Waals surface area contributed by atoms with Gasteiger partial charge >= 0.3 is 0 Å². The van der Waals surface area contributed by atoms with Crippen molar-refractivity contribution >= 4 is 5.91 Å². The topological polar surface area (TPSA) is 47.0 Å². The van der Waals surface area contributed by atoms with Crippen molar-refractivity contribution in [3.05, 3.63) is 28.8 Å². The van der Waals surface area contributed by atoms with E-state index in [1.54, 1.807) is 0 Å². The van der Waals surface area contributed by atoms with Crippen molar-refractivity contribution in [3.8, 4) is 5.75 Å². The second-order valence-electron chi connectivity index (χ2n) is 8.10. The molecule has 4 rings (SSSR count). The van der Waals surface area contributed by atoms with Gasteiger partial charge in [-0.15, -0.1) is 0 Å². The molecule has 0 saturated carbocycles. The number of nitrogens with zero attached hydrogens (tertiary/aromatic N) is 3. The van der Waals surface area contributed by atoms with E-state index in [1.807, 2.05) is 11.0 Å². The number of benzene rings is 1. The Labute approximate surface area is 156 Å². The van der Waals surface area contributed by atoms with E-state index in [1.165, 1.54) is 24.0 Å². The van der Waals surface area contributed by atoms with Gasteiger partial charge in [0.25, 0.3) is 0 Å². The number of carbonyl (C=O) groups excluding carboxylic acids is 1. The number of rotatable bonds is 4. The molecule has 0 bridgehead atoms. The predicted octanol–water partition coefficient (Wildman–Crippen LogP) is 2.01. The van der Waals surface area contributed by atoms with Crippen LogP contribution in [0.4, 0.5) is 0 Å². The molecule has 0 radical (unpaired) electrons. The standard InChI is InChI=1S/C21H31N3O2/c25-20-14-18-6-4-5-17(18)13-19(20)15-22-9-11-23(12-10-22)16-21(26)24-7-2-1-3-8-24/h13-14,25H,1-12,15-16H2. The highest BCUT2D eigenvalue weighted by atomic mass is 16.3. The average molecular weight is 357 g/mol. The van der Waals surface area contributed by atoms with Gasteiger partial charge in [-0.3, -0.25) is 14.6 Å². The van der Waals surface area contributed by atoms with Crippen molar-refractivity contribution in [1.82, 2.24) is 14.7 Å². The molecular formula is C21H31N3O2. The third-order valence-electron chi connectivity index (χ3n) is 6.22. The maximum Gasteiger partial charge on any atom is 0.236 e. The molecule has 1 amide bonds. The molecule has 142 valence electrons. The Hall–Kier alpha value is -1.59. The summed E-state index contributed by atoms with van der Waals surface area (Å²) in [6.07, 6.45) is 7.04. The molecule has 26 heavy (non-hydrogen) atoms. The zero-order valence-corrected chi connectivity index (χ0v) is 15.8. The summed E-state index contributed by atoms with van der Waals surface area (Å²) in [6, 6.07) is 4.19. The van der Waals surface area contributed by atoms with Crippen LogP contribution >= 0.6 is 0 Å². The fraction of sp³-hybridized carbons (Fsp3) is 0.667. The van der Waals surface area contributed by atoms with Crippen molar-refractivity contribution in [2.45, 2.75) is 45.1 Å². The van der Waals surface area contributed by atoms with Crippen molar-refractivity contribution in [2.75, 3.05) is 45.8 Å². The number of aryl methyl sites for hydroxylation is 2. The highest BCUT2D eigenvalue weighted by Gasteiger charge is 2.23. The second kappa shape index (κ2) is 7.97. The van der Waals surface area contributed by atoms with Crippen LogP contribution in [-0.2, 0) is 24.2 Å². The Morgan fingerprint density at radius 3 is 2.23 bits per heavy atom. The van der Waals surface area contributed by atoms with Gasteiger partial charge in [0.1, 0.15) is 5.75 Å². The Morgan fingerprint density at radius 2 is 1.50 bits per heavy atom. The van der Waals surface area contributed by atoms with Gasteiger partial charge in [0.2, 0.25) is 5.91 Å². The van der Waals surface area contributed by atoms with E-state index in [0.29, 0.717) is 18.2 Å². The molecule has 5 heteroatoms. The summed E-state index contributed by atoms with van der Waals surface area (Å²) < 4.78 is 0. The molecule has 2 fully saturated rings. The number of aromatic hydroxyl groups is 1. The molecule has 1 N–H and O–H groups in total. The maximum atomic E-state index is 12.4. The summed E-state index contributed by atoms with van der Waals surface area (Å²) in [7, 11) is 0. The van der Waals surface area contributed by atoms with Crippen molar-refractivity contribution in [3.63, 3.8) is 0 Å². The lowest BCUT2D eigenvalue weighted by atomic mass is 10.0. The largest absolute Gasteiger partial charge is 0.508 e. The first-order chi connectivity index (χ1) is 12.7. The van der Waals surface area contributed by atoms with E-state index >= 15 is 0 Å². The number of likely N-dealkylation sites (tertiary alicyclic amines) is 1. The van der Waals surface area contributed by atoms with E-state index in [9.17, 15) is 9.90 Å². The van der Waals surface area contributed by atoms with Crippen LogP contribution in [0.5, 0.6) is 5.75 Å². The molecule has 2 aliphatic heterocycles. The first-order valence-corrected chi connectivity index (χ1v) is 10.3. The van der Waals surface area contributed by atoms with Gasteiger partial charge in [-0.25, -0.2) is 0 Å². The lowest BCUT2D eigenvalue weighted by Gasteiger charge is -2.36. The minimum atomic E-state index is 0.300. The first-order valence-electron chi connectivity index (χ1n) is 10.3. The van der Waals surface area contributed by atoms with Gasteiger partial charge in [0.15, 0.2) is 0 Å². The predicted molar refractivity (Wildman–Crippen MR) is 102 cm³/mol. The van der Waals surface area contributed by atoms with Crippen LogP contribution in [0.2, 0.25) is 0 Å². The number of hydrogen-bond donors (Lipinski definition) is 1. The van der Waals surface area contributed by atoms with Gasteiger partial charge in [-0.1, -0.05) is 6.07 Å². The smallest absolute Gasteiger partial charge is 0.236 e. The number of piperazine rings is 1. The molecule has 2 heterocycles. The Bertz CT molecular complexity index is 647. The molecule has 3 aliphatic rings. The Morgan fingerprint density at radius 1 is 0.846 bits per heavy atom. The molecule has 0 aromatic heterocycles. The van der Waals surface area contributed by atoms with E-state index in [-0.39, 0.29) is 0 Å². The first kappa shape index (κ1) is 17.8. The summed E-state index contributed by atoms with van der Waals surface area (Å²) in [5, 5.41) is 10.3. The van der Waals surface area contributed by atoms with Crippen LogP contribution in [-0.4, -0.2) is 71.5 Å². The molecule has 0 unspecified atom stereocenters. The Kier molecular flexibility index (Phi) is 5.46. The third kappa shape index (κ3) is 4.04. The SMILES string of the molecule is O=C(CN1CCN(Cc2cc3c(cc2O)CCC3)CC1)N1CCCCC1. The summed E-state index contributed by atoms with van der Waals surface area (Å²) >= 11 is 0. The molecule has 1 aliphatic carbocycles. The zero-order chi connectivity index (χ0) is 17.9. The molecule has 2 saturated heterocycles. The number of hydrogen-bond acceptors (Lipinski definition) is 4. The quantitative estimate of drug-likeness (QED) is 0.896. The number of fused-ring (bicyclic) bond motifs is 1. The molecular weight excluding hydrogens is 326 g/mol. The normalized spacial score (nSPS) is 21.8. The summed E-state index contributed by atoms with van der Waals surface area (Å²) in [4.78, 5) is 19.2. The summed E-state index contributed by atoms with van der Waals surface area (Å²) in [6.45, 7) is 7.06. The zero-order valence-electron chi connectivity index (χ0n) is 15.8. The number of carbonyl (C=O) groups is 1. The van der Waals surface area contributed by atoms with Gasteiger partial charge in [0, 0.05) is 51.4 Å². The maximum absolute atomic E-state index is 12.4. The number of phenols is 1. The van der Waals surface area contributed by atoms with Gasteiger partial charge < -0.3 is 10.0 Å². The van der Waals surface area contributed by atoms with Gasteiger partial charge in [0.05, 0.1) is 6.54 Å². The van der Waals surface area contributed by atoms with Crippen molar-refractivity contribution < 1.29 is 9.90 Å². The lowest BCUT2D eigenvalue weighted by molar-refractivity contribution is -0.133.